The number of hydrogen-bond donors (Lipinski definition) is 2. The number of hydrogen-bond acceptors (Lipinski definition) is 2. The van der Waals surface area contributed by atoms with Gasteiger partial charge < -0.3 is 10.2 Å². The predicted molar refractivity (Wildman–Crippen MR) is 60.4 cm³/mol. The summed E-state index contributed by atoms with van der Waals surface area (Å²) in [5.41, 5.74) is -0.675. The first-order valence-electron chi connectivity index (χ1n) is 5.25. The van der Waals surface area contributed by atoms with Gasteiger partial charge in [-0.25, -0.2) is 4.39 Å². The van der Waals surface area contributed by atoms with E-state index in [4.69, 9.17) is 16.7 Å². The largest absolute Gasteiger partial charge is 0.481 e. The second-order valence-corrected chi connectivity index (χ2v) is 4.89. The number of aryl methyl sites for hydroxylation is 1. The zero-order valence-electron chi connectivity index (χ0n) is 9.20. The molecule has 1 saturated carbocycles. The van der Waals surface area contributed by atoms with Crippen LogP contribution in [0.15, 0.2) is 12.1 Å². The summed E-state index contributed by atoms with van der Waals surface area (Å²) in [6.45, 7) is 1.56. The number of benzene rings is 1. The second-order valence-electron chi connectivity index (χ2n) is 4.49. The highest BCUT2D eigenvalue weighted by molar-refractivity contribution is 6.31. The molecule has 0 saturated heterocycles. The first kappa shape index (κ1) is 12.3. The van der Waals surface area contributed by atoms with Gasteiger partial charge in [-0.3, -0.25) is 4.79 Å². The van der Waals surface area contributed by atoms with Crippen LogP contribution in [0.5, 0.6) is 0 Å². The topological polar surface area (TPSA) is 57.5 Å². The van der Waals surface area contributed by atoms with Crippen LogP contribution in [0.25, 0.3) is 0 Å². The first-order chi connectivity index (χ1) is 7.88. The molecule has 2 rings (SSSR count). The Kier molecular flexibility index (Phi) is 2.87. The average molecular weight is 259 g/mol. The summed E-state index contributed by atoms with van der Waals surface area (Å²) < 4.78 is 13.4. The summed E-state index contributed by atoms with van der Waals surface area (Å²) in [4.78, 5) is 11.1. The highest BCUT2D eigenvalue weighted by Crippen LogP contribution is 2.56. The van der Waals surface area contributed by atoms with Crippen molar-refractivity contribution in [3.63, 3.8) is 0 Å². The first-order valence-corrected chi connectivity index (χ1v) is 5.63. The minimum atomic E-state index is -1.26. The minimum absolute atomic E-state index is 0.148. The zero-order chi connectivity index (χ0) is 12.8. The van der Waals surface area contributed by atoms with Crippen LogP contribution >= 0.6 is 11.6 Å². The monoisotopic (exact) mass is 258 g/mol. The third-order valence-corrected chi connectivity index (χ3v) is 3.64. The van der Waals surface area contributed by atoms with E-state index in [0.29, 0.717) is 18.4 Å². The van der Waals surface area contributed by atoms with E-state index in [9.17, 15) is 14.3 Å². The van der Waals surface area contributed by atoms with Crippen molar-refractivity contribution in [2.24, 2.45) is 5.41 Å². The number of aliphatic carboxylic acids is 1. The standard InChI is InChI=1S/C12H12ClFO3/c1-6-4-8(13)7(5-9(6)14)10(15)12(2-3-12)11(16)17/h4-5,10,15H,2-3H2,1H3,(H,16,17). The Balaban J connectivity index is 2.41. The molecule has 1 atom stereocenters. The number of aliphatic hydroxyl groups excluding tert-OH is 1. The van der Waals surface area contributed by atoms with Gasteiger partial charge in [-0.15, -0.1) is 0 Å². The number of rotatable bonds is 3. The molecule has 92 valence electrons. The molecular formula is C12H12ClFO3. The molecule has 1 aromatic carbocycles. The molecule has 0 bridgehead atoms. The molecule has 2 N–H and O–H groups in total. The molecule has 0 radical (unpaired) electrons. The Morgan fingerprint density at radius 3 is 2.59 bits per heavy atom. The van der Waals surface area contributed by atoms with Crippen molar-refractivity contribution in [1.29, 1.82) is 0 Å². The summed E-state index contributed by atoms with van der Waals surface area (Å²) in [5.74, 6) is -1.56. The molecule has 0 heterocycles. The van der Waals surface area contributed by atoms with Gasteiger partial charge in [0, 0.05) is 10.6 Å². The van der Waals surface area contributed by atoms with Crippen LogP contribution in [-0.2, 0) is 4.79 Å². The number of halogens is 2. The number of carbonyl (C=O) groups is 1. The number of carboxylic acids is 1. The quantitative estimate of drug-likeness (QED) is 0.876. The lowest BCUT2D eigenvalue weighted by atomic mass is 9.92. The van der Waals surface area contributed by atoms with Gasteiger partial charge in [0.2, 0.25) is 0 Å². The van der Waals surface area contributed by atoms with Gasteiger partial charge in [0.15, 0.2) is 0 Å². The van der Waals surface area contributed by atoms with E-state index in [1.54, 1.807) is 6.92 Å². The molecule has 5 heteroatoms. The summed E-state index contributed by atoms with van der Waals surface area (Å²) in [6, 6.07) is 2.51. The highest BCUT2D eigenvalue weighted by atomic mass is 35.5. The van der Waals surface area contributed by atoms with Crippen LogP contribution in [0.2, 0.25) is 5.02 Å². The predicted octanol–water partition coefficient (Wildman–Crippen LogP) is 2.69. The van der Waals surface area contributed by atoms with Crippen LogP contribution in [-0.4, -0.2) is 16.2 Å². The molecule has 0 amide bonds. The van der Waals surface area contributed by atoms with Gasteiger partial charge in [0.05, 0.1) is 11.5 Å². The fourth-order valence-electron chi connectivity index (χ4n) is 1.91. The Bertz CT molecular complexity index is 483. The van der Waals surface area contributed by atoms with E-state index in [1.807, 2.05) is 0 Å². The zero-order valence-corrected chi connectivity index (χ0v) is 9.96. The van der Waals surface area contributed by atoms with E-state index in [0.717, 1.165) is 6.07 Å². The molecule has 0 spiro atoms. The van der Waals surface area contributed by atoms with Crippen molar-refractivity contribution < 1.29 is 19.4 Å². The van der Waals surface area contributed by atoms with Crippen LogP contribution < -0.4 is 0 Å². The third kappa shape index (κ3) is 1.91. The highest BCUT2D eigenvalue weighted by Gasteiger charge is 2.56. The molecule has 1 aliphatic rings. The van der Waals surface area contributed by atoms with E-state index >= 15 is 0 Å². The Hall–Kier alpha value is -1.13. The molecule has 0 aliphatic heterocycles. The Morgan fingerprint density at radius 1 is 1.53 bits per heavy atom. The van der Waals surface area contributed by atoms with Crippen molar-refractivity contribution in [3.8, 4) is 0 Å². The van der Waals surface area contributed by atoms with Crippen LogP contribution in [0.3, 0.4) is 0 Å². The van der Waals surface area contributed by atoms with Crippen molar-refractivity contribution in [1.82, 2.24) is 0 Å². The second kappa shape index (κ2) is 3.96. The van der Waals surface area contributed by atoms with Crippen molar-refractivity contribution in [2.45, 2.75) is 25.9 Å². The smallest absolute Gasteiger partial charge is 0.312 e. The molecule has 1 aliphatic carbocycles. The van der Waals surface area contributed by atoms with Gasteiger partial charge in [-0.1, -0.05) is 11.6 Å². The van der Waals surface area contributed by atoms with Crippen LogP contribution in [0.4, 0.5) is 4.39 Å². The van der Waals surface area contributed by atoms with E-state index < -0.39 is 23.3 Å². The molecule has 17 heavy (non-hydrogen) atoms. The molecule has 1 aromatic rings. The summed E-state index contributed by atoms with van der Waals surface area (Å²) >= 11 is 5.92. The SMILES string of the molecule is Cc1cc(Cl)c(C(O)C2(C(=O)O)CC2)cc1F. The molecule has 1 fully saturated rings. The molecule has 0 aromatic heterocycles. The lowest BCUT2D eigenvalue weighted by molar-refractivity contribution is -0.148. The summed E-state index contributed by atoms with van der Waals surface area (Å²) in [7, 11) is 0. The summed E-state index contributed by atoms with van der Waals surface area (Å²) in [6.07, 6.45) is -0.493. The van der Waals surface area contributed by atoms with Crippen LogP contribution in [0, 0.1) is 18.2 Å². The van der Waals surface area contributed by atoms with Crippen molar-refractivity contribution in [2.75, 3.05) is 0 Å². The van der Waals surface area contributed by atoms with Crippen molar-refractivity contribution in [3.05, 3.63) is 34.1 Å². The average Bonchev–Trinajstić information content (AvgIpc) is 3.03. The lowest BCUT2D eigenvalue weighted by Gasteiger charge is -2.20. The molecule has 1 unspecified atom stereocenters. The maximum absolute atomic E-state index is 13.4. The fraction of sp³-hybridized carbons (Fsp3) is 0.417. The Morgan fingerprint density at radius 2 is 2.12 bits per heavy atom. The van der Waals surface area contributed by atoms with E-state index in [1.165, 1.54) is 6.07 Å². The maximum Gasteiger partial charge on any atom is 0.312 e. The van der Waals surface area contributed by atoms with Crippen LogP contribution in [0.1, 0.15) is 30.1 Å². The number of carboxylic acid groups (broad SMARTS) is 1. The molecule has 3 nitrogen and oxygen atoms in total. The number of aliphatic hydroxyl groups is 1. The Labute approximate surface area is 103 Å². The van der Waals surface area contributed by atoms with Crippen molar-refractivity contribution >= 4 is 17.6 Å². The van der Waals surface area contributed by atoms with E-state index in [-0.39, 0.29) is 10.6 Å². The maximum atomic E-state index is 13.4. The van der Waals surface area contributed by atoms with Gasteiger partial charge >= 0.3 is 5.97 Å². The van der Waals surface area contributed by atoms with Gasteiger partial charge in [0.1, 0.15) is 5.82 Å². The van der Waals surface area contributed by atoms with Gasteiger partial charge in [-0.05, 0) is 37.5 Å². The normalized spacial score (nSPS) is 18.8. The fourth-order valence-corrected chi connectivity index (χ4v) is 2.23. The van der Waals surface area contributed by atoms with E-state index in [2.05, 4.69) is 0 Å². The van der Waals surface area contributed by atoms with Gasteiger partial charge in [-0.2, -0.15) is 0 Å². The lowest BCUT2D eigenvalue weighted by Crippen LogP contribution is -2.24. The third-order valence-electron chi connectivity index (χ3n) is 3.31. The summed E-state index contributed by atoms with van der Waals surface area (Å²) in [5, 5.41) is 19.3. The van der Waals surface area contributed by atoms with Gasteiger partial charge in [0.25, 0.3) is 0 Å². The minimum Gasteiger partial charge on any atom is -0.481 e. The molecular weight excluding hydrogens is 247 g/mol.